The number of carbonyl (C=O) groups excluding carboxylic acids is 1. The number of nitrogens with one attached hydrogen (secondary N) is 2. The smallest absolute Gasteiger partial charge is 0.244 e. The van der Waals surface area contributed by atoms with Crippen LogP contribution in [0.4, 0.5) is 5.69 Å². The van der Waals surface area contributed by atoms with Crippen molar-refractivity contribution in [1.82, 2.24) is 24.2 Å². The average molecular weight is 435 g/mol. The minimum absolute atomic E-state index is 0.0838. The summed E-state index contributed by atoms with van der Waals surface area (Å²) in [6, 6.07) is 16.0. The lowest BCUT2D eigenvalue weighted by Gasteiger charge is -2.12. The number of hydrogen-bond acceptors (Lipinski definition) is 4. The third-order valence-electron chi connectivity index (χ3n) is 5.21. The molecule has 2 aromatic heterocycles. The van der Waals surface area contributed by atoms with Crippen LogP contribution in [-0.2, 0) is 17.9 Å². The Kier molecular flexibility index (Phi) is 6.01. The number of fused-ring (bicyclic) bond motifs is 1. The number of likely N-dealkylation sites (N-methyl/N-ethyl adjacent to an activating group) is 1. The van der Waals surface area contributed by atoms with Gasteiger partial charge in [0.25, 0.3) is 0 Å². The van der Waals surface area contributed by atoms with Crippen LogP contribution in [0.25, 0.3) is 22.3 Å². The molecule has 0 saturated carbocycles. The number of aryl methyl sites for hydroxylation is 1. The highest BCUT2D eigenvalue weighted by atomic mass is 32.1. The van der Waals surface area contributed by atoms with Gasteiger partial charge in [0.05, 0.1) is 0 Å². The van der Waals surface area contributed by atoms with E-state index in [1.807, 2.05) is 49.4 Å². The Labute approximate surface area is 186 Å². The zero-order chi connectivity index (χ0) is 22.0. The summed E-state index contributed by atoms with van der Waals surface area (Å²) in [7, 11) is 4.13. The highest BCUT2D eigenvalue weighted by Crippen LogP contribution is 2.21. The summed E-state index contributed by atoms with van der Waals surface area (Å²) < 4.78 is 4.35. The van der Waals surface area contributed by atoms with Crippen LogP contribution in [0.3, 0.4) is 0 Å². The molecule has 1 amide bonds. The van der Waals surface area contributed by atoms with Crippen LogP contribution in [0.15, 0.2) is 54.7 Å². The van der Waals surface area contributed by atoms with E-state index in [0.717, 1.165) is 40.8 Å². The molecule has 0 fully saturated rings. The summed E-state index contributed by atoms with van der Waals surface area (Å²) >= 11 is 5.35. The van der Waals surface area contributed by atoms with Gasteiger partial charge in [-0.15, -0.1) is 0 Å². The summed E-state index contributed by atoms with van der Waals surface area (Å²) in [6.07, 6.45) is 2.08. The Morgan fingerprint density at radius 3 is 2.68 bits per heavy atom. The van der Waals surface area contributed by atoms with Gasteiger partial charge in [-0.3, -0.25) is 14.5 Å². The first-order valence-electron chi connectivity index (χ1n) is 10.2. The van der Waals surface area contributed by atoms with Crippen LogP contribution in [0.5, 0.6) is 0 Å². The Morgan fingerprint density at radius 2 is 1.94 bits per heavy atom. The van der Waals surface area contributed by atoms with Gasteiger partial charge in [0.2, 0.25) is 5.91 Å². The summed E-state index contributed by atoms with van der Waals surface area (Å²) in [5, 5.41) is 11.2. The first-order valence-corrected chi connectivity index (χ1v) is 10.6. The van der Waals surface area contributed by atoms with Crippen LogP contribution in [0, 0.1) is 11.7 Å². The van der Waals surface area contributed by atoms with Crippen molar-refractivity contribution >= 4 is 34.7 Å². The summed E-state index contributed by atoms with van der Waals surface area (Å²) in [5.41, 5.74) is 3.98. The van der Waals surface area contributed by atoms with Crippen LogP contribution >= 0.6 is 12.2 Å². The summed E-state index contributed by atoms with van der Waals surface area (Å²) in [5.74, 6) is 0.492. The lowest BCUT2D eigenvalue weighted by atomic mass is 10.1. The SMILES string of the molecule is Cc1ccc(-c2n[nH]c(=S)n2CC(=O)Nc2ccc3c(ccn3CCN(C)C)c2)cc1. The molecule has 0 unspecified atom stereocenters. The molecule has 0 aliphatic heterocycles. The zero-order valence-corrected chi connectivity index (χ0v) is 18.7. The van der Waals surface area contributed by atoms with Crippen molar-refractivity contribution in [2.45, 2.75) is 20.0 Å². The summed E-state index contributed by atoms with van der Waals surface area (Å²) in [4.78, 5) is 14.9. The fraction of sp³-hybridized carbons (Fsp3) is 0.261. The monoisotopic (exact) mass is 434 g/mol. The van der Waals surface area contributed by atoms with Crippen molar-refractivity contribution in [1.29, 1.82) is 0 Å². The number of benzene rings is 2. The van der Waals surface area contributed by atoms with Crippen molar-refractivity contribution in [2.75, 3.05) is 26.0 Å². The fourth-order valence-corrected chi connectivity index (χ4v) is 3.71. The molecular formula is C23H26N6OS. The molecule has 0 atom stereocenters. The average Bonchev–Trinajstić information content (AvgIpc) is 3.30. The number of aromatic nitrogens is 4. The van der Waals surface area contributed by atoms with Gasteiger partial charge >= 0.3 is 0 Å². The van der Waals surface area contributed by atoms with Crippen molar-refractivity contribution in [2.24, 2.45) is 0 Å². The molecule has 0 radical (unpaired) electrons. The van der Waals surface area contributed by atoms with Gasteiger partial charge in [0.15, 0.2) is 10.6 Å². The molecule has 0 aliphatic rings. The lowest BCUT2D eigenvalue weighted by Crippen LogP contribution is -2.19. The van der Waals surface area contributed by atoms with Gasteiger partial charge in [-0.2, -0.15) is 5.10 Å². The van der Waals surface area contributed by atoms with Gasteiger partial charge in [-0.05, 0) is 57.5 Å². The largest absolute Gasteiger partial charge is 0.346 e. The highest BCUT2D eigenvalue weighted by molar-refractivity contribution is 7.71. The normalized spacial score (nSPS) is 11.4. The van der Waals surface area contributed by atoms with E-state index in [9.17, 15) is 4.79 Å². The van der Waals surface area contributed by atoms with Gasteiger partial charge in [-0.1, -0.05) is 29.8 Å². The standard InChI is InChI=1S/C23H26N6OS/c1-16-4-6-17(7-5-16)22-25-26-23(31)29(22)15-21(30)24-19-8-9-20-18(14-19)10-11-28(20)13-12-27(2)3/h4-11,14H,12-13,15H2,1-3H3,(H,24,30)(H,26,31). The molecule has 2 heterocycles. The minimum Gasteiger partial charge on any atom is -0.346 e. The molecule has 8 heteroatoms. The van der Waals surface area contributed by atoms with Gasteiger partial charge < -0.3 is 14.8 Å². The van der Waals surface area contributed by atoms with E-state index >= 15 is 0 Å². The van der Waals surface area contributed by atoms with Crippen LogP contribution < -0.4 is 5.32 Å². The van der Waals surface area contributed by atoms with Crippen LogP contribution in [0.1, 0.15) is 5.56 Å². The van der Waals surface area contributed by atoms with Crippen molar-refractivity contribution in [3.8, 4) is 11.4 Å². The molecule has 7 nitrogen and oxygen atoms in total. The minimum atomic E-state index is -0.155. The molecule has 0 saturated heterocycles. The Bertz CT molecular complexity index is 1270. The van der Waals surface area contributed by atoms with Crippen molar-refractivity contribution in [3.63, 3.8) is 0 Å². The molecule has 0 spiro atoms. The highest BCUT2D eigenvalue weighted by Gasteiger charge is 2.13. The summed E-state index contributed by atoms with van der Waals surface area (Å²) in [6.45, 7) is 4.00. The van der Waals surface area contributed by atoms with E-state index in [4.69, 9.17) is 12.2 Å². The second-order valence-electron chi connectivity index (χ2n) is 7.94. The van der Waals surface area contributed by atoms with E-state index in [0.29, 0.717) is 10.6 Å². The maximum Gasteiger partial charge on any atom is 0.244 e. The maximum atomic E-state index is 12.8. The number of carbonyl (C=O) groups is 1. The van der Waals surface area contributed by atoms with E-state index < -0.39 is 0 Å². The van der Waals surface area contributed by atoms with Gasteiger partial charge in [-0.25, -0.2) is 0 Å². The predicted molar refractivity (Wildman–Crippen MR) is 127 cm³/mol. The molecule has 4 aromatic rings. The number of aromatic amines is 1. The van der Waals surface area contributed by atoms with Gasteiger partial charge in [0.1, 0.15) is 6.54 Å². The lowest BCUT2D eigenvalue weighted by molar-refractivity contribution is -0.116. The molecule has 160 valence electrons. The number of H-pyrrole nitrogens is 1. The third-order valence-corrected chi connectivity index (χ3v) is 5.52. The quantitative estimate of drug-likeness (QED) is 0.430. The Morgan fingerprint density at radius 1 is 1.16 bits per heavy atom. The molecular weight excluding hydrogens is 408 g/mol. The molecule has 2 aromatic carbocycles. The second kappa shape index (κ2) is 8.87. The second-order valence-corrected chi connectivity index (χ2v) is 8.33. The van der Waals surface area contributed by atoms with E-state index in [2.05, 4.69) is 51.3 Å². The number of amides is 1. The first kappa shape index (κ1) is 21.0. The number of nitrogens with zero attached hydrogens (tertiary/aromatic N) is 4. The van der Waals surface area contributed by atoms with E-state index in [1.165, 1.54) is 0 Å². The maximum absolute atomic E-state index is 12.8. The topological polar surface area (TPSA) is 70.9 Å². The Hall–Kier alpha value is -3.23. The Balaban J connectivity index is 1.49. The number of hydrogen-bond donors (Lipinski definition) is 2. The predicted octanol–water partition coefficient (Wildman–Crippen LogP) is 4.07. The van der Waals surface area contributed by atoms with E-state index in [-0.39, 0.29) is 12.5 Å². The third kappa shape index (κ3) is 4.76. The van der Waals surface area contributed by atoms with Crippen molar-refractivity contribution < 1.29 is 4.79 Å². The molecule has 4 rings (SSSR count). The molecule has 31 heavy (non-hydrogen) atoms. The van der Waals surface area contributed by atoms with Crippen molar-refractivity contribution in [3.05, 3.63) is 65.1 Å². The zero-order valence-electron chi connectivity index (χ0n) is 17.9. The first-order chi connectivity index (χ1) is 14.9. The number of rotatable bonds is 7. The number of anilines is 1. The molecule has 0 bridgehead atoms. The van der Waals surface area contributed by atoms with Gasteiger partial charge in [0, 0.05) is 41.4 Å². The molecule has 0 aliphatic carbocycles. The van der Waals surface area contributed by atoms with Crippen LogP contribution in [0.2, 0.25) is 0 Å². The molecule has 2 N–H and O–H groups in total. The fourth-order valence-electron chi connectivity index (χ4n) is 3.51. The van der Waals surface area contributed by atoms with E-state index in [1.54, 1.807) is 4.57 Å². The van der Waals surface area contributed by atoms with Crippen LogP contribution in [-0.4, -0.2) is 50.8 Å².